The molecule has 1 amide bonds. The Morgan fingerprint density at radius 3 is 2.95 bits per heavy atom. The molecule has 100 valence electrons. The summed E-state index contributed by atoms with van der Waals surface area (Å²) in [7, 11) is 0. The number of thiol groups is 1. The molecule has 1 aliphatic heterocycles. The van der Waals surface area contributed by atoms with E-state index in [-0.39, 0.29) is 5.91 Å². The molecule has 19 heavy (non-hydrogen) atoms. The van der Waals surface area contributed by atoms with Crippen LogP contribution in [0.5, 0.6) is 0 Å². The van der Waals surface area contributed by atoms with Crippen molar-refractivity contribution in [3.05, 3.63) is 36.0 Å². The molecule has 3 nitrogen and oxygen atoms in total. The molecule has 4 heteroatoms. The van der Waals surface area contributed by atoms with E-state index in [1.54, 1.807) is 0 Å². The highest BCUT2D eigenvalue weighted by molar-refractivity contribution is 7.80. The summed E-state index contributed by atoms with van der Waals surface area (Å²) in [6.07, 6.45) is 1.55. The second-order valence-corrected chi connectivity index (χ2v) is 5.59. The Labute approximate surface area is 118 Å². The van der Waals surface area contributed by atoms with Crippen LogP contribution < -0.4 is 0 Å². The van der Waals surface area contributed by atoms with Gasteiger partial charge in [0.2, 0.25) is 5.91 Å². The second kappa shape index (κ2) is 5.29. The molecule has 2 aromatic rings. The Hall–Kier alpha value is -1.42. The van der Waals surface area contributed by atoms with Gasteiger partial charge >= 0.3 is 0 Å². The monoisotopic (exact) mass is 274 g/mol. The first-order valence-corrected chi connectivity index (χ1v) is 7.35. The average molecular weight is 274 g/mol. The van der Waals surface area contributed by atoms with E-state index < -0.39 is 0 Å². The number of hydrogen-bond donors (Lipinski definition) is 2. The van der Waals surface area contributed by atoms with Crippen molar-refractivity contribution >= 4 is 29.4 Å². The summed E-state index contributed by atoms with van der Waals surface area (Å²) in [5, 5.41) is 1.23. The number of hydrogen-bond acceptors (Lipinski definition) is 2. The summed E-state index contributed by atoms with van der Waals surface area (Å²) in [6, 6.07) is 10.4. The van der Waals surface area contributed by atoms with Gasteiger partial charge in [-0.15, -0.1) is 0 Å². The molecule has 1 unspecified atom stereocenters. The topological polar surface area (TPSA) is 36.1 Å². The van der Waals surface area contributed by atoms with Gasteiger partial charge in [0.15, 0.2) is 0 Å². The SMILES string of the molecule is O=C1CC(CS)CN1CCc1cc2ccccc2[nH]1. The fraction of sp³-hybridized carbons (Fsp3) is 0.400. The van der Waals surface area contributed by atoms with Crippen molar-refractivity contribution in [1.82, 2.24) is 9.88 Å². The van der Waals surface area contributed by atoms with Crippen LogP contribution in [0, 0.1) is 5.92 Å². The zero-order valence-corrected chi connectivity index (χ0v) is 11.7. The van der Waals surface area contributed by atoms with Crippen molar-refractivity contribution in [3.8, 4) is 0 Å². The summed E-state index contributed by atoms with van der Waals surface area (Å²) < 4.78 is 0. The lowest BCUT2D eigenvalue weighted by Crippen LogP contribution is -2.27. The second-order valence-electron chi connectivity index (χ2n) is 5.22. The number of likely N-dealkylation sites (tertiary alicyclic amines) is 1. The first-order valence-electron chi connectivity index (χ1n) is 6.71. The Morgan fingerprint density at radius 2 is 2.21 bits per heavy atom. The highest BCUT2D eigenvalue weighted by atomic mass is 32.1. The van der Waals surface area contributed by atoms with E-state index in [1.807, 2.05) is 17.0 Å². The summed E-state index contributed by atoms with van der Waals surface area (Å²) >= 11 is 4.28. The van der Waals surface area contributed by atoms with E-state index in [4.69, 9.17) is 0 Å². The maximum absolute atomic E-state index is 11.8. The van der Waals surface area contributed by atoms with Crippen LogP contribution in [0.15, 0.2) is 30.3 Å². The van der Waals surface area contributed by atoms with Gasteiger partial charge < -0.3 is 9.88 Å². The molecular formula is C15H18N2OS. The number of nitrogens with zero attached hydrogens (tertiary/aromatic N) is 1. The number of para-hydroxylation sites is 1. The van der Waals surface area contributed by atoms with Gasteiger partial charge in [-0.1, -0.05) is 18.2 Å². The van der Waals surface area contributed by atoms with Crippen LogP contribution in [0.3, 0.4) is 0 Å². The number of carbonyl (C=O) groups excluding carboxylic acids is 1. The minimum absolute atomic E-state index is 0.273. The maximum Gasteiger partial charge on any atom is 0.222 e. The van der Waals surface area contributed by atoms with Crippen LogP contribution in [0.1, 0.15) is 12.1 Å². The van der Waals surface area contributed by atoms with E-state index in [0.717, 1.165) is 25.3 Å². The lowest BCUT2D eigenvalue weighted by Gasteiger charge is -2.15. The number of carbonyl (C=O) groups is 1. The van der Waals surface area contributed by atoms with Crippen LogP contribution >= 0.6 is 12.6 Å². The van der Waals surface area contributed by atoms with Gasteiger partial charge in [-0.3, -0.25) is 4.79 Å². The molecule has 1 aromatic heterocycles. The molecule has 3 rings (SSSR count). The quantitative estimate of drug-likeness (QED) is 0.826. The van der Waals surface area contributed by atoms with Crippen LogP contribution in [-0.4, -0.2) is 34.6 Å². The lowest BCUT2D eigenvalue weighted by atomic mass is 10.1. The van der Waals surface area contributed by atoms with Crippen LogP contribution in [0.2, 0.25) is 0 Å². The van der Waals surface area contributed by atoms with E-state index in [2.05, 4.69) is 35.8 Å². The first-order chi connectivity index (χ1) is 9.26. The van der Waals surface area contributed by atoms with Crippen LogP contribution in [0.25, 0.3) is 10.9 Å². The van der Waals surface area contributed by atoms with Gasteiger partial charge in [-0.2, -0.15) is 12.6 Å². The smallest absolute Gasteiger partial charge is 0.222 e. The van der Waals surface area contributed by atoms with E-state index in [1.165, 1.54) is 16.6 Å². The van der Waals surface area contributed by atoms with E-state index >= 15 is 0 Å². The third kappa shape index (κ3) is 2.63. The van der Waals surface area contributed by atoms with Crippen LogP contribution in [-0.2, 0) is 11.2 Å². The van der Waals surface area contributed by atoms with Gasteiger partial charge in [0.05, 0.1) is 0 Å². The van der Waals surface area contributed by atoms with Crippen molar-refractivity contribution in [1.29, 1.82) is 0 Å². The zero-order chi connectivity index (χ0) is 13.2. The Morgan fingerprint density at radius 1 is 1.37 bits per heavy atom. The molecule has 1 aliphatic rings. The first kappa shape index (κ1) is 12.6. The third-order valence-electron chi connectivity index (χ3n) is 3.79. The van der Waals surface area contributed by atoms with Crippen molar-refractivity contribution in [2.45, 2.75) is 12.8 Å². The molecule has 1 atom stereocenters. The van der Waals surface area contributed by atoms with E-state index in [0.29, 0.717) is 12.3 Å². The molecule has 1 saturated heterocycles. The summed E-state index contributed by atoms with van der Waals surface area (Å²) in [6.45, 7) is 1.67. The Kier molecular flexibility index (Phi) is 3.51. The van der Waals surface area contributed by atoms with Gasteiger partial charge in [-0.05, 0) is 29.2 Å². The summed E-state index contributed by atoms with van der Waals surface area (Å²) in [5.74, 6) is 1.50. The fourth-order valence-electron chi connectivity index (χ4n) is 2.72. The predicted octanol–water partition coefficient (Wildman–Crippen LogP) is 2.49. The van der Waals surface area contributed by atoms with Crippen molar-refractivity contribution in [2.24, 2.45) is 5.92 Å². The molecule has 1 N–H and O–H groups in total. The van der Waals surface area contributed by atoms with Crippen molar-refractivity contribution in [2.75, 3.05) is 18.8 Å². The summed E-state index contributed by atoms with van der Waals surface area (Å²) in [5.41, 5.74) is 2.36. The molecule has 1 fully saturated rings. The van der Waals surface area contributed by atoms with Gasteiger partial charge in [0.1, 0.15) is 0 Å². The third-order valence-corrected chi connectivity index (χ3v) is 4.31. The molecule has 1 aromatic carbocycles. The number of nitrogens with one attached hydrogen (secondary N) is 1. The van der Waals surface area contributed by atoms with E-state index in [9.17, 15) is 4.79 Å². The minimum Gasteiger partial charge on any atom is -0.358 e. The number of aromatic amines is 1. The number of amides is 1. The largest absolute Gasteiger partial charge is 0.358 e. The van der Waals surface area contributed by atoms with Crippen LogP contribution in [0.4, 0.5) is 0 Å². The molecule has 0 saturated carbocycles. The predicted molar refractivity (Wildman–Crippen MR) is 80.5 cm³/mol. The number of H-pyrrole nitrogens is 1. The highest BCUT2D eigenvalue weighted by Gasteiger charge is 2.27. The standard InChI is InChI=1S/C15H18N2OS/c18-15-7-11(10-19)9-17(15)6-5-13-8-12-3-1-2-4-14(12)16-13/h1-4,8,11,16,19H,5-7,9-10H2. The van der Waals surface area contributed by atoms with Gasteiger partial charge in [-0.25, -0.2) is 0 Å². The fourth-order valence-corrected chi connectivity index (χ4v) is 2.96. The van der Waals surface area contributed by atoms with Gasteiger partial charge in [0, 0.05) is 37.1 Å². The van der Waals surface area contributed by atoms with Gasteiger partial charge in [0.25, 0.3) is 0 Å². The average Bonchev–Trinajstić information content (AvgIpc) is 2.99. The molecular weight excluding hydrogens is 256 g/mol. The summed E-state index contributed by atoms with van der Waals surface area (Å²) in [4.78, 5) is 17.2. The van der Waals surface area contributed by atoms with Crippen molar-refractivity contribution in [3.63, 3.8) is 0 Å². The molecule has 2 heterocycles. The number of rotatable bonds is 4. The Bertz CT molecular complexity index is 560. The lowest BCUT2D eigenvalue weighted by molar-refractivity contribution is -0.127. The molecule has 0 aliphatic carbocycles. The minimum atomic E-state index is 0.273. The Balaban J connectivity index is 1.64. The number of aromatic nitrogens is 1. The molecule has 0 bridgehead atoms. The number of benzene rings is 1. The normalized spacial score (nSPS) is 19.5. The maximum atomic E-state index is 11.8. The molecule has 0 radical (unpaired) electrons. The molecule has 0 spiro atoms. The number of fused-ring (bicyclic) bond motifs is 1. The van der Waals surface area contributed by atoms with Crippen molar-refractivity contribution < 1.29 is 4.79 Å². The zero-order valence-electron chi connectivity index (χ0n) is 10.8. The highest BCUT2D eigenvalue weighted by Crippen LogP contribution is 2.20.